The summed E-state index contributed by atoms with van der Waals surface area (Å²) < 4.78 is 13.8. The molecule has 0 radical (unpaired) electrons. The second kappa shape index (κ2) is 4.24. The molecule has 4 nitrogen and oxygen atoms in total. The van der Waals surface area contributed by atoms with Crippen molar-refractivity contribution in [3.63, 3.8) is 0 Å². The molecule has 3 atom stereocenters. The Morgan fingerprint density at radius 3 is 3.06 bits per heavy atom. The summed E-state index contributed by atoms with van der Waals surface area (Å²) >= 11 is 0. The van der Waals surface area contributed by atoms with Crippen LogP contribution >= 0.6 is 0 Å². The summed E-state index contributed by atoms with van der Waals surface area (Å²) in [5.74, 6) is -1.89. The van der Waals surface area contributed by atoms with E-state index in [1.54, 1.807) is 12.1 Å². The minimum atomic E-state index is -0.873. The zero-order chi connectivity index (χ0) is 12.7. The monoisotopic (exact) mass is 250 g/mol. The number of anilines is 1. The highest BCUT2D eigenvalue weighted by atomic mass is 19.1. The molecule has 2 aliphatic heterocycles. The number of carbonyl (C=O) groups is 1. The molecule has 1 aromatic carbocycles. The van der Waals surface area contributed by atoms with E-state index in [0.29, 0.717) is 17.8 Å². The van der Waals surface area contributed by atoms with E-state index in [2.05, 4.69) is 10.6 Å². The number of para-hydroxylation sites is 1. The molecule has 3 rings (SSSR count). The Hall–Kier alpha value is -1.62. The first-order valence-corrected chi connectivity index (χ1v) is 6.17. The SMILES string of the molecule is O=C(O)C1c2cccc(F)c2NC2CCNCC21. The Morgan fingerprint density at radius 2 is 2.28 bits per heavy atom. The maximum atomic E-state index is 13.8. The predicted molar refractivity (Wildman–Crippen MR) is 65.2 cm³/mol. The lowest BCUT2D eigenvalue weighted by Crippen LogP contribution is -2.50. The fourth-order valence-electron chi connectivity index (χ4n) is 3.10. The average Bonchev–Trinajstić information content (AvgIpc) is 2.36. The number of carboxylic acids is 1. The Kier molecular flexibility index (Phi) is 2.70. The standard InChI is InChI=1S/C13H15FN2O2/c14-9-3-1-2-7-11(13(17)18)8-6-15-5-4-10(8)16-12(7)9/h1-3,8,10-11,15-16H,4-6H2,(H,17,18). The quantitative estimate of drug-likeness (QED) is 0.705. The molecule has 5 heteroatoms. The van der Waals surface area contributed by atoms with Gasteiger partial charge in [0.25, 0.3) is 0 Å². The molecule has 0 amide bonds. The Balaban J connectivity index is 2.10. The van der Waals surface area contributed by atoms with Gasteiger partial charge in [-0.25, -0.2) is 4.39 Å². The van der Waals surface area contributed by atoms with Crippen LogP contribution in [0.15, 0.2) is 18.2 Å². The summed E-state index contributed by atoms with van der Waals surface area (Å²) in [4.78, 5) is 11.5. The number of aliphatic carboxylic acids is 1. The van der Waals surface area contributed by atoms with Crippen molar-refractivity contribution in [3.8, 4) is 0 Å². The number of carboxylic acid groups (broad SMARTS) is 1. The Bertz CT molecular complexity index is 492. The summed E-state index contributed by atoms with van der Waals surface area (Å²) in [7, 11) is 0. The van der Waals surface area contributed by atoms with Gasteiger partial charge in [-0.05, 0) is 24.6 Å². The van der Waals surface area contributed by atoms with E-state index >= 15 is 0 Å². The number of benzene rings is 1. The van der Waals surface area contributed by atoms with Crippen molar-refractivity contribution >= 4 is 11.7 Å². The molecule has 0 bridgehead atoms. The topological polar surface area (TPSA) is 61.4 Å². The van der Waals surface area contributed by atoms with Crippen molar-refractivity contribution in [3.05, 3.63) is 29.6 Å². The number of halogens is 1. The van der Waals surface area contributed by atoms with E-state index in [0.717, 1.165) is 13.0 Å². The zero-order valence-corrected chi connectivity index (χ0v) is 9.82. The van der Waals surface area contributed by atoms with Crippen molar-refractivity contribution < 1.29 is 14.3 Å². The molecule has 1 saturated heterocycles. The molecule has 3 N–H and O–H groups in total. The van der Waals surface area contributed by atoms with Gasteiger partial charge in [0.1, 0.15) is 5.82 Å². The highest BCUT2D eigenvalue weighted by Crippen LogP contribution is 2.41. The summed E-state index contributed by atoms with van der Waals surface area (Å²) in [6.45, 7) is 1.49. The van der Waals surface area contributed by atoms with Crippen LogP contribution in [0.3, 0.4) is 0 Å². The van der Waals surface area contributed by atoms with Gasteiger partial charge in [0.2, 0.25) is 0 Å². The second-order valence-corrected chi connectivity index (χ2v) is 4.93. The molecule has 1 fully saturated rings. The van der Waals surface area contributed by atoms with E-state index in [1.807, 2.05) is 0 Å². The predicted octanol–water partition coefficient (Wildman–Crippen LogP) is 1.40. The molecule has 3 unspecified atom stereocenters. The summed E-state index contributed by atoms with van der Waals surface area (Å²) in [5, 5.41) is 15.8. The highest BCUT2D eigenvalue weighted by Gasteiger charge is 2.42. The molecule has 0 aliphatic carbocycles. The molecular formula is C13H15FN2O2. The maximum absolute atomic E-state index is 13.8. The number of piperidine rings is 1. The minimum Gasteiger partial charge on any atom is -0.481 e. The van der Waals surface area contributed by atoms with Gasteiger partial charge in [-0.2, -0.15) is 0 Å². The fraction of sp³-hybridized carbons (Fsp3) is 0.462. The third-order valence-electron chi connectivity index (χ3n) is 3.93. The van der Waals surface area contributed by atoms with Crippen molar-refractivity contribution in [2.75, 3.05) is 18.4 Å². The first-order valence-electron chi connectivity index (χ1n) is 6.17. The summed E-state index contributed by atoms with van der Waals surface area (Å²) in [5.41, 5.74) is 0.931. The van der Waals surface area contributed by atoms with Gasteiger partial charge < -0.3 is 15.7 Å². The summed E-state index contributed by atoms with van der Waals surface area (Å²) in [6.07, 6.45) is 0.822. The summed E-state index contributed by atoms with van der Waals surface area (Å²) in [6, 6.07) is 4.68. The van der Waals surface area contributed by atoms with Crippen LogP contribution in [-0.4, -0.2) is 30.2 Å². The van der Waals surface area contributed by atoms with E-state index in [1.165, 1.54) is 6.07 Å². The molecule has 0 spiro atoms. The normalized spacial score (nSPS) is 29.9. The number of nitrogens with one attached hydrogen (secondary N) is 2. The number of hydrogen-bond donors (Lipinski definition) is 3. The van der Waals surface area contributed by atoms with Crippen LogP contribution < -0.4 is 10.6 Å². The van der Waals surface area contributed by atoms with Gasteiger partial charge in [-0.3, -0.25) is 4.79 Å². The number of hydrogen-bond acceptors (Lipinski definition) is 3. The van der Waals surface area contributed by atoms with E-state index in [-0.39, 0.29) is 17.8 Å². The number of fused-ring (bicyclic) bond motifs is 2. The van der Waals surface area contributed by atoms with Gasteiger partial charge in [0, 0.05) is 18.5 Å². The Labute approximate surface area is 104 Å². The lowest BCUT2D eigenvalue weighted by molar-refractivity contribution is -0.140. The van der Waals surface area contributed by atoms with Gasteiger partial charge in [-0.1, -0.05) is 12.1 Å². The molecule has 96 valence electrons. The number of rotatable bonds is 1. The van der Waals surface area contributed by atoms with Gasteiger partial charge >= 0.3 is 5.97 Å². The molecule has 0 saturated carbocycles. The van der Waals surface area contributed by atoms with Crippen LogP contribution in [0.4, 0.5) is 10.1 Å². The molecule has 2 aliphatic rings. The van der Waals surface area contributed by atoms with E-state index in [4.69, 9.17) is 0 Å². The van der Waals surface area contributed by atoms with Crippen molar-refractivity contribution in [2.24, 2.45) is 5.92 Å². The fourth-order valence-corrected chi connectivity index (χ4v) is 3.10. The minimum absolute atomic E-state index is 0.0226. The highest BCUT2D eigenvalue weighted by molar-refractivity contribution is 5.81. The molecule has 18 heavy (non-hydrogen) atoms. The molecule has 0 aromatic heterocycles. The molecular weight excluding hydrogens is 235 g/mol. The zero-order valence-electron chi connectivity index (χ0n) is 9.82. The van der Waals surface area contributed by atoms with Crippen LogP contribution in [0.5, 0.6) is 0 Å². The van der Waals surface area contributed by atoms with E-state index < -0.39 is 11.9 Å². The second-order valence-electron chi connectivity index (χ2n) is 4.93. The van der Waals surface area contributed by atoms with Crippen LogP contribution in [0.1, 0.15) is 17.9 Å². The van der Waals surface area contributed by atoms with E-state index in [9.17, 15) is 14.3 Å². The van der Waals surface area contributed by atoms with Crippen molar-refractivity contribution in [2.45, 2.75) is 18.4 Å². The third-order valence-corrected chi connectivity index (χ3v) is 3.93. The van der Waals surface area contributed by atoms with Crippen molar-refractivity contribution in [1.29, 1.82) is 0 Å². The first-order chi connectivity index (χ1) is 8.68. The van der Waals surface area contributed by atoms with Gasteiger partial charge in [0.05, 0.1) is 11.6 Å². The lowest BCUT2D eigenvalue weighted by Gasteiger charge is -2.42. The average molecular weight is 250 g/mol. The molecule has 1 aromatic rings. The maximum Gasteiger partial charge on any atom is 0.311 e. The van der Waals surface area contributed by atoms with Crippen LogP contribution in [-0.2, 0) is 4.79 Å². The van der Waals surface area contributed by atoms with Gasteiger partial charge in [0.15, 0.2) is 0 Å². The third kappa shape index (κ3) is 1.66. The smallest absolute Gasteiger partial charge is 0.311 e. The van der Waals surface area contributed by atoms with Crippen molar-refractivity contribution in [1.82, 2.24) is 5.32 Å². The van der Waals surface area contributed by atoms with Crippen LogP contribution in [0, 0.1) is 11.7 Å². The van der Waals surface area contributed by atoms with Crippen LogP contribution in [0.25, 0.3) is 0 Å². The molecule has 2 heterocycles. The van der Waals surface area contributed by atoms with Gasteiger partial charge in [-0.15, -0.1) is 0 Å². The lowest BCUT2D eigenvalue weighted by atomic mass is 9.75. The van der Waals surface area contributed by atoms with Crippen LogP contribution in [0.2, 0.25) is 0 Å². The first kappa shape index (κ1) is 11.5. The largest absolute Gasteiger partial charge is 0.481 e. The Morgan fingerprint density at radius 1 is 1.44 bits per heavy atom.